The molecule has 1 N–H and O–H groups in total. The van der Waals surface area contributed by atoms with Crippen LogP contribution in [0.15, 0.2) is 71.5 Å². The molecule has 1 aromatic heterocycles. The Morgan fingerprint density at radius 3 is 2.66 bits per heavy atom. The van der Waals surface area contributed by atoms with E-state index in [1.54, 1.807) is 30.3 Å². The SMILES string of the molecule is CCOc1cccc2c1Oc1c(c(=O)n(-c3ccccc3)n1CC(=O)Nc1cc(F)ccc1F)C2. The van der Waals surface area contributed by atoms with E-state index in [-0.39, 0.29) is 30.1 Å². The number of halogens is 2. The highest BCUT2D eigenvalue weighted by Gasteiger charge is 2.31. The summed E-state index contributed by atoms with van der Waals surface area (Å²) in [6, 6.07) is 17.0. The van der Waals surface area contributed by atoms with Crippen molar-refractivity contribution < 1.29 is 23.0 Å². The molecule has 0 spiro atoms. The van der Waals surface area contributed by atoms with Gasteiger partial charge in [-0.2, -0.15) is 0 Å². The molecule has 0 radical (unpaired) electrons. The lowest BCUT2D eigenvalue weighted by Gasteiger charge is -2.21. The zero-order chi connectivity index (χ0) is 24.5. The van der Waals surface area contributed by atoms with Crippen LogP contribution in [-0.2, 0) is 17.8 Å². The van der Waals surface area contributed by atoms with Gasteiger partial charge in [0.2, 0.25) is 11.8 Å². The van der Waals surface area contributed by atoms with E-state index >= 15 is 0 Å². The Balaban J connectivity index is 1.59. The first-order valence-electron chi connectivity index (χ1n) is 11.0. The summed E-state index contributed by atoms with van der Waals surface area (Å²) in [5, 5.41) is 2.37. The molecular weight excluding hydrogens is 456 g/mol. The van der Waals surface area contributed by atoms with Crippen LogP contribution >= 0.6 is 0 Å². The molecule has 1 amide bonds. The van der Waals surface area contributed by atoms with Crippen LogP contribution in [0.4, 0.5) is 14.5 Å². The smallest absolute Gasteiger partial charge is 0.278 e. The molecule has 5 rings (SSSR count). The van der Waals surface area contributed by atoms with Crippen LogP contribution in [0.25, 0.3) is 5.69 Å². The van der Waals surface area contributed by atoms with E-state index in [4.69, 9.17) is 9.47 Å². The summed E-state index contributed by atoms with van der Waals surface area (Å²) in [6.07, 6.45) is 0.282. The van der Waals surface area contributed by atoms with Crippen LogP contribution in [0.1, 0.15) is 18.1 Å². The Hall–Kier alpha value is -4.40. The average Bonchev–Trinajstić information content (AvgIpc) is 3.11. The predicted octanol–water partition coefficient (Wildman–Crippen LogP) is 4.65. The Bertz CT molecular complexity index is 1480. The van der Waals surface area contributed by atoms with Crippen molar-refractivity contribution in [1.29, 1.82) is 0 Å². The van der Waals surface area contributed by atoms with Gasteiger partial charge in [-0.15, -0.1) is 0 Å². The summed E-state index contributed by atoms with van der Waals surface area (Å²) in [5.41, 5.74) is 1.04. The largest absolute Gasteiger partial charge is 0.490 e. The van der Waals surface area contributed by atoms with Crippen molar-refractivity contribution in [1.82, 2.24) is 9.36 Å². The van der Waals surface area contributed by atoms with Crippen LogP contribution in [0.2, 0.25) is 0 Å². The van der Waals surface area contributed by atoms with Gasteiger partial charge < -0.3 is 14.8 Å². The van der Waals surface area contributed by atoms with Gasteiger partial charge in [0, 0.05) is 18.1 Å². The molecule has 0 aliphatic carbocycles. The molecule has 1 aliphatic heterocycles. The maximum atomic E-state index is 14.1. The first-order chi connectivity index (χ1) is 17.0. The first-order valence-corrected chi connectivity index (χ1v) is 11.0. The summed E-state index contributed by atoms with van der Waals surface area (Å²) in [6.45, 7) is 1.89. The van der Waals surface area contributed by atoms with Crippen molar-refractivity contribution in [2.45, 2.75) is 19.9 Å². The summed E-state index contributed by atoms with van der Waals surface area (Å²) >= 11 is 0. The van der Waals surface area contributed by atoms with Crippen LogP contribution in [-0.4, -0.2) is 21.9 Å². The lowest BCUT2D eigenvalue weighted by Crippen LogP contribution is -2.27. The van der Waals surface area contributed by atoms with Gasteiger partial charge in [-0.1, -0.05) is 30.3 Å². The monoisotopic (exact) mass is 477 g/mol. The number of para-hydroxylation sites is 2. The molecule has 0 bridgehead atoms. The highest BCUT2D eigenvalue weighted by molar-refractivity contribution is 5.90. The minimum atomic E-state index is -0.777. The third-order valence-corrected chi connectivity index (χ3v) is 5.61. The van der Waals surface area contributed by atoms with Crippen molar-refractivity contribution in [3.8, 4) is 23.1 Å². The van der Waals surface area contributed by atoms with Gasteiger partial charge in [0.05, 0.1) is 23.5 Å². The molecule has 35 heavy (non-hydrogen) atoms. The van der Waals surface area contributed by atoms with Gasteiger partial charge in [-0.3, -0.25) is 9.59 Å². The van der Waals surface area contributed by atoms with Gasteiger partial charge in [-0.05, 0) is 37.3 Å². The number of ether oxygens (including phenoxy) is 2. The molecule has 7 nitrogen and oxygen atoms in total. The van der Waals surface area contributed by atoms with Crippen LogP contribution in [0, 0.1) is 11.6 Å². The number of carbonyl (C=O) groups is 1. The quantitative estimate of drug-likeness (QED) is 0.386. The van der Waals surface area contributed by atoms with Crippen molar-refractivity contribution in [3.63, 3.8) is 0 Å². The molecule has 0 fully saturated rings. The Kier molecular flexibility index (Phi) is 5.82. The zero-order valence-electron chi connectivity index (χ0n) is 18.8. The van der Waals surface area contributed by atoms with Crippen molar-refractivity contribution >= 4 is 11.6 Å². The normalized spacial score (nSPS) is 11.9. The van der Waals surface area contributed by atoms with Crippen LogP contribution < -0.4 is 20.3 Å². The van der Waals surface area contributed by atoms with Crippen molar-refractivity contribution in [3.05, 3.63) is 99.8 Å². The fraction of sp³-hybridized carbons (Fsp3) is 0.154. The van der Waals surface area contributed by atoms with Crippen LogP contribution in [0.3, 0.4) is 0 Å². The van der Waals surface area contributed by atoms with E-state index in [0.717, 1.165) is 23.8 Å². The third-order valence-electron chi connectivity index (χ3n) is 5.61. The van der Waals surface area contributed by atoms with E-state index < -0.39 is 17.5 Å². The molecule has 0 atom stereocenters. The van der Waals surface area contributed by atoms with Gasteiger partial charge in [0.15, 0.2) is 11.5 Å². The van der Waals surface area contributed by atoms with E-state index in [1.165, 1.54) is 9.36 Å². The fourth-order valence-corrected chi connectivity index (χ4v) is 4.10. The number of anilines is 1. The predicted molar refractivity (Wildman–Crippen MR) is 126 cm³/mol. The van der Waals surface area contributed by atoms with E-state index in [2.05, 4.69) is 5.32 Å². The molecule has 3 aromatic carbocycles. The second-order valence-corrected chi connectivity index (χ2v) is 7.92. The van der Waals surface area contributed by atoms with Crippen LogP contribution in [0.5, 0.6) is 17.4 Å². The zero-order valence-corrected chi connectivity index (χ0v) is 18.8. The topological polar surface area (TPSA) is 74.5 Å². The minimum absolute atomic E-state index is 0.188. The Morgan fingerprint density at radius 1 is 1.09 bits per heavy atom. The summed E-state index contributed by atoms with van der Waals surface area (Å²) in [5.74, 6) is -0.950. The van der Waals surface area contributed by atoms with Crippen molar-refractivity contribution in [2.75, 3.05) is 11.9 Å². The summed E-state index contributed by atoms with van der Waals surface area (Å²) in [4.78, 5) is 26.4. The van der Waals surface area contributed by atoms with Gasteiger partial charge in [0.1, 0.15) is 18.2 Å². The number of nitrogens with one attached hydrogen (secondary N) is 1. The number of hydrogen-bond donors (Lipinski definition) is 1. The number of amides is 1. The maximum Gasteiger partial charge on any atom is 0.278 e. The highest BCUT2D eigenvalue weighted by Crippen LogP contribution is 2.42. The Morgan fingerprint density at radius 2 is 1.89 bits per heavy atom. The molecular formula is C26H21F2N3O4. The Labute approximate surface area is 199 Å². The number of nitrogens with zero attached hydrogens (tertiary/aromatic N) is 2. The molecule has 2 heterocycles. The fourth-order valence-electron chi connectivity index (χ4n) is 4.10. The second-order valence-electron chi connectivity index (χ2n) is 7.92. The lowest BCUT2D eigenvalue weighted by atomic mass is 10.0. The van der Waals surface area contributed by atoms with Gasteiger partial charge in [0.25, 0.3) is 5.56 Å². The summed E-state index contributed by atoms with van der Waals surface area (Å²) < 4.78 is 42.3. The average molecular weight is 477 g/mol. The molecule has 0 unspecified atom stereocenters. The number of carbonyl (C=O) groups excluding carboxylic acids is 1. The number of aromatic nitrogens is 2. The van der Waals surface area contributed by atoms with E-state index in [1.807, 2.05) is 25.1 Å². The number of fused-ring (bicyclic) bond motifs is 2. The molecule has 0 saturated carbocycles. The standard InChI is InChI=1S/C26H21F2N3O4/c1-2-34-22-10-6-7-16-13-19-25(33)31(18-8-4-3-5-9-18)30(26(19)35-24(16)22)15-23(32)29-21-14-17(27)11-12-20(21)28/h3-12,14H,2,13,15H2,1H3,(H,29,32). The number of benzene rings is 3. The van der Waals surface area contributed by atoms with Gasteiger partial charge >= 0.3 is 0 Å². The minimum Gasteiger partial charge on any atom is -0.490 e. The molecule has 0 saturated heterocycles. The van der Waals surface area contributed by atoms with Gasteiger partial charge in [-0.25, -0.2) is 18.1 Å². The van der Waals surface area contributed by atoms with E-state index in [9.17, 15) is 18.4 Å². The number of rotatable bonds is 6. The molecule has 4 aromatic rings. The van der Waals surface area contributed by atoms with Crippen molar-refractivity contribution in [2.24, 2.45) is 0 Å². The molecule has 1 aliphatic rings. The van der Waals surface area contributed by atoms with E-state index in [0.29, 0.717) is 29.4 Å². The second kappa shape index (κ2) is 9.09. The molecule has 178 valence electrons. The first kappa shape index (κ1) is 22.4. The highest BCUT2D eigenvalue weighted by atomic mass is 19.1. The third kappa shape index (κ3) is 4.16. The summed E-state index contributed by atoms with van der Waals surface area (Å²) in [7, 11) is 0. The molecule has 9 heteroatoms. The number of hydrogen-bond acceptors (Lipinski definition) is 4. The lowest BCUT2D eigenvalue weighted by molar-refractivity contribution is -0.117. The maximum absolute atomic E-state index is 14.1.